The molecule has 3 fully saturated rings. The maximum atomic E-state index is 11.4. The van der Waals surface area contributed by atoms with Crippen molar-refractivity contribution in [3.63, 3.8) is 0 Å². The Morgan fingerprint density at radius 3 is 2.32 bits per heavy atom. The quantitative estimate of drug-likeness (QED) is 0.746. The molecule has 3 N–H and O–H groups in total. The van der Waals surface area contributed by atoms with Gasteiger partial charge in [-0.15, -0.1) is 0 Å². The monoisotopic (exact) mass is 353 g/mol. The molecule has 0 radical (unpaired) electrons. The molecule has 2 atom stereocenters. The van der Waals surface area contributed by atoms with E-state index >= 15 is 0 Å². The van der Waals surface area contributed by atoms with E-state index < -0.39 is 0 Å². The standard InChI is InChI=1S/C20H39N3O2/c24-22-19-12-7-14-21-20(18-10-5-2-6-11-18)23(15-13-19)25-16-17-8-3-1-4-9-17/h17-21H,1-16,22H2. The minimum absolute atomic E-state index is 0.202. The third-order valence-corrected chi connectivity index (χ3v) is 6.63. The Hall–Kier alpha value is -0.200. The summed E-state index contributed by atoms with van der Waals surface area (Å²) in [6.07, 6.45) is 16.9. The summed E-state index contributed by atoms with van der Waals surface area (Å²) >= 11 is 0. The van der Waals surface area contributed by atoms with Crippen LogP contribution in [-0.4, -0.2) is 37.0 Å². The summed E-state index contributed by atoms with van der Waals surface area (Å²) in [5, 5.41) is 17.4. The van der Waals surface area contributed by atoms with Crippen LogP contribution >= 0.6 is 0 Å². The van der Waals surface area contributed by atoms with Crippen molar-refractivity contribution in [2.24, 2.45) is 11.8 Å². The van der Waals surface area contributed by atoms with Crippen molar-refractivity contribution in [2.75, 3.05) is 19.7 Å². The molecular weight excluding hydrogens is 314 g/mol. The van der Waals surface area contributed by atoms with E-state index in [1.54, 1.807) is 0 Å². The van der Waals surface area contributed by atoms with E-state index in [2.05, 4.69) is 10.4 Å². The molecule has 0 aromatic carbocycles. The third kappa shape index (κ3) is 6.17. The predicted octanol–water partition coefficient (Wildman–Crippen LogP) is 2.91. The second-order valence-corrected chi connectivity index (χ2v) is 8.56. The fourth-order valence-corrected chi connectivity index (χ4v) is 4.98. The molecule has 3 aliphatic rings. The zero-order valence-corrected chi connectivity index (χ0v) is 16.0. The fraction of sp³-hybridized carbons (Fsp3) is 1.00. The maximum absolute atomic E-state index is 11.4. The summed E-state index contributed by atoms with van der Waals surface area (Å²) in [6.45, 7) is 2.77. The third-order valence-electron chi connectivity index (χ3n) is 6.63. The second kappa shape index (κ2) is 10.8. The van der Waals surface area contributed by atoms with Crippen LogP contribution in [0.1, 0.15) is 83.5 Å². The molecule has 0 spiro atoms. The van der Waals surface area contributed by atoms with E-state index in [0.29, 0.717) is 12.1 Å². The highest BCUT2D eigenvalue weighted by Gasteiger charge is 2.31. The van der Waals surface area contributed by atoms with Gasteiger partial charge in [-0.2, -0.15) is 5.06 Å². The Labute approximate surface area is 153 Å². The highest BCUT2D eigenvalue weighted by atomic mass is 16.7. The number of nitrogens with two attached hydrogens (primary N) is 1. The Morgan fingerprint density at radius 1 is 0.880 bits per heavy atom. The zero-order valence-electron chi connectivity index (χ0n) is 16.0. The summed E-state index contributed by atoms with van der Waals surface area (Å²) in [6, 6.07) is 0.202. The molecule has 0 bridgehead atoms. The highest BCUT2D eigenvalue weighted by Crippen LogP contribution is 2.30. The molecule has 146 valence electrons. The van der Waals surface area contributed by atoms with Gasteiger partial charge >= 0.3 is 0 Å². The van der Waals surface area contributed by atoms with E-state index in [9.17, 15) is 5.21 Å². The molecule has 1 aliphatic heterocycles. The first kappa shape index (κ1) is 19.6. The van der Waals surface area contributed by atoms with Gasteiger partial charge in [-0.05, 0) is 50.5 Å². The second-order valence-electron chi connectivity index (χ2n) is 8.56. The molecule has 1 saturated heterocycles. The Balaban J connectivity index is 1.61. The van der Waals surface area contributed by atoms with Gasteiger partial charge in [0.25, 0.3) is 0 Å². The lowest BCUT2D eigenvalue weighted by atomic mass is 9.86. The lowest BCUT2D eigenvalue weighted by Crippen LogP contribution is -2.84. The van der Waals surface area contributed by atoms with E-state index in [4.69, 9.17) is 4.84 Å². The van der Waals surface area contributed by atoms with Crippen molar-refractivity contribution in [3.8, 4) is 0 Å². The van der Waals surface area contributed by atoms with Gasteiger partial charge in [0.1, 0.15) is 0 Å². The van der Waals surface area contributed by atoms with Gasteiger partial charge in [0.05, 0.1) is 18.8 Å². The number of hydrogen-bond acceptors (Lipinski definition) is 4. The number of rotatable bonds is 5. The summed E-state index contributed by atoms with van der Waals surface area (Å²) in [4.78, 5) is 6.43. The summed E-state index contributed by atoms with van der Waals surface area (Å²) in [7, 11) is 0. The minimum Gasteiger partial charge on any atom is -0.636 e. The maximum Gasteiger partial charge on any atom is 0.0871 e. The van der Waals surface area contributed by atoms with Crippen molar-refractivity contribution in [1.29, 1.82) is 0 Å². The summed E-state index contributed by atoms with van der Waals surface area (Å²) in [5.74, 6) is 1.43. The molecule has 0 aromatic heterocycles. The van der Waals surface area contributed by atoms with E-state index in [1.165, 1.54) is 69.7 Å². The van der Waals surface area contributed by atoms with E-state index in [1.807, 2.05) is 0 Å². The van der Waals surface area contributed by atoms with Gasteiger partial charge in [0, 0.05) is 19.4 Å². The Kier molecular flexibility index (Phi) is 8.47. The average Bonchev–Trinajstić information content (AvgIpc) is 2.78. The SMILES string of the molecule is [O-][NH2+]C1CCCNC(C2CCCCC2)N(OCC2CCCCC2)CC1. The molecule has 0 amide bonds. The summed E-state index contributed by atoms with van der Waals surface area (Å²) in [5.41, 5.74) is 1.17. The lowest BCUT2D eigenvalue weighted by Gasteiger charge is -2.39. The van der Waals surface area contributed by atoms with Crippen molar-refractivity contribution in [2.45, 2.75) is 95.7 Å². The van der Waals surface area contributed by atoms with Gasteiger partial charge in [-0.3, -0.25) is 10.2 Å². The Bertz CT molecular complexity index is 357. The predicted molar refractivity (Wildman–Crippen MR) is 101 cm³/mol. The van der Waals surface area contributed by atoms with Gasteiger partial charge in [0.15, 0.2) is 0 Å². The number of quaternary nitrogens is 1. The molecule has 1 heterocycles. The molecule has 3 rings (SSSR count). The van der Waals surface area contributed by atoms with Crippen LogP contribution < -0.4 is 10.8 Å². The highest BCUT2D eigenvalue weighted by molar-refractivity contribution is 4.79. The van der Waals surface area contributed by atoms with Crippen molar-refractivity contribution in [1.82, 2.24) is 10.4 Å². The van der Waals surface area contributed by atoms with E-state index in [0.717, 1.165) is 44.9 Å². The van der Waals surface area contributed by atoms with Crippen LogP contribution in [0.15, 0.2) is 0 Å². The van der Waals surface area contributed by atoms with Crippen molar-refractivity contribution >= 4 is 0 Å². The van der Waals surface area contributed by atoms with Crippen LogP contribution in [0.2, 0.25) is 0 Å². The first-order valence-electron chi connectivity index (χ1n) is 10.9. The fourth-order valence-electron chi connectivity index (χ4n) is 4.98. The average molecular weight is 354 g/mol. The van der Waals surface area contributed by atoms with Crippen molar-refractivity contribution < 1.29 is 10.3 Å². The first-order valence-corrected chi connectivity index (χ1v) is 10.9. The van der Waals surface area contributed by atoms with E-state index in [-0.39, 0.29) is 6.04 Å². The number of nitrogens with zero attached hydrogens (tertiary/aromatic N) is 1. The summed E-state index contributed by atoms with van der Waals surface area (Å²) < 4.78 is 0. The molecular formula is C20H39N3O2. The van der Waals surface area contributed by atoms with Gasteiger partial charge < -0.3 is 10.7 Å². The molecule has 25 heavy (non-hydrogen) atoms. The molecule has 2 saturated carbocycles. The van der Waals surface area contributed by atoms with Crippen LogP contribution in [0.25, 0.3) is 0 Å². The molecule has 5 nitrogen and oxygen atoms in total. The molecule has 2 aliphatic carbocycles. The first-order chi connectivity index (χ1) is 12.4. The largest absolute Gasteiger partial charge is 0.636 e. The van der Waals surface area contributed by atoms with Crippen LogP contribution in [-0.2, 0) is 4.84 Å². The van der Waals surface area contributed by atoms with Gasteiger partial charge in [-0.25, -0.2) is 0 Å². The molecule has 0 aromatic rings. The Morgan fingerprint density at radius 2 is 1.60 bits per heavy atom. The van der Waals surface area contributed by atoms with Crippen molar-refractivity contribution in [3.05, 3.63) is 5.21 Å². The molecule has 5 heteroatoms. The van der Waals surface area contributed by atoms with Crippen LogP contribution in [0.3, 0.4) is 0 Å². The zero-order chi connectivity index (χ0) is 17.3. The van der Waals surface area contributed by atoms with Crippen LogP contribution in [0.5, 0.6) is 0 Å². The number of nitrogens with one attached hydrogen (secondary N) is 1. The van der Waals surface area contributed by atoms with Gasteiger partial charge in [0.2, 0.25) is 0 Å². The van der Waals surface area contributed by atoms with Gasteiger partial charge in [-0.1, -0.05) is 38.5 Å². The normalized spacial score (nSPS) is 32.0. The number of hydroxylamine groups is 3. The minimum atomic E-state index is 0.202. The molecule has 2 unspecified atom stereocenters. The number of hydrogen-bond donors (Lipinski definition) is 2. The smallest absolute Gasteiger partial charge is 0.0871 e. The van der Waals surface area contributed by atoms with Crippen LogP contribution in [0, 0.1) is 17.0 Å². The lowest BCUT2D eigenvalue weighted by molar-refractivity contribution is -0.629. The van der Waals surface area contributed by atoms with Crippen LogP contribution in [0.4, 0.5) is 0 Å². The topological polar surface area (TPSA) is 64.2 Å².